The lowest BCUT2D eigenvalue weighted by Crippen LogP contribution is -2.49. The lowest BCUT2D eigenvalue weighted by atomic mass is 10.2. The summed E-state index contributed by atoms with van der Waals surface area (Å²) in [5.41, 5.74) is 2.02. The zero-order valence-electron chi connectivity index (χ0n) is 13.7. The van der Waals surface area contributed by atoms with Crippen molar-refractivity contribution in [3.8, 4) is 0 Å². The topological polar surface area (TPSA) is 53.7 Å². The standard InChI is InChI=1S/C18H18ClN5O/c19-15-4-2-14(3-5-15)10-23-9-8-22(13-17(23)25)11-16-12-24-7-1-6-20-18(24)21-16/h1-7,12H,8-11,13H2. The molecule has 25 heavy (non-hydrogen) atoms. The van der Waals surface area contributed by atoms with Crippen LogP contribution in [0.15, 0.2) is 48.9 Å². The first-order valence-corrected chi connectivity index (χ1v) is 8.58. The summed E-state index contributed by atoms with van der Waals surface area (Å²) in [6, 6.07) is 9.51. The molecule has 0 spiro atoms. The molecule has 0 atom stereocenters. The van der Waals surface area contributed by atoms with Gasteiger partial charge in [-0.25, -0.2) is 9.97 Å². The second kappa shape index (κ2) is 6.82. The van der Waals surface area contributed by atoms with Crippen LogP contribution in [0.1, 0.15) is 11.3 Å². The van der Waals surface area contributed by atoms with E-state index in [9.17, 15) is 4.79 Å². The highest BCUT2D eigenvalue weighted by atomic mass is 35.5. The van der Waals surface area contributed by atoms with Crippen molar-refractivity contribution in [1.29, 1.82) is 0 Å². The number of fused-ring (bicyclic) bond motifs is 1. The van der Waals surface area contributed by atoms with Crippen molar-refractivity contribution >= 4 is 23.3 Å². The van der Waals surface area contributed by atoms with Gasteiger partial charge in [-0.15, -0.1) is 0 Å². The van der Waals surface area contributed by atoms with Crippen LogP contribution in [0.2, 0.25) is 5.02 Å². The van der Waals surface area contributed by atoms with Crippen LogP contribution >= 0.6 is 11.6 Å². The number of hydrogen-bond acceptors (Lipinski definition) is 4. The number of benzene rings is 1. The third kappa shape index (κ3) is 3.65. The molecule has 0 radical (unpaired) electrons. The smallest absolute Gasteiger partial charge is 0.237 e. The zero-order chi connectivity index (χ0) is 17.2. The molecule has 4 rings (SSSR count). The third-order valence-electron chi connectivity index (χ3n) is 4.36. The molecule has 0 saturated carbocycles. The van der Waals surface area contributed by atoms with E-state index in [0.29, 0.717) is 37.0 Å². The van der Waals surface area contributed by atoms with Gasteiger partial charge in [-0.05, 0) is 23.8 Å². The fraction of sp³-hybridized carbons (Fsp3) is 0.278. The van der Waals surface area contributed by atoms with Crippen molar-refractivity contribution in [2.45, 2.75) is 13.1 Å². The van der Waals surface area contributed by atoms with Gasteiger partial charge in [0.25, 0.3) is 0 Å². The van der Waals surface area contributed by atoms with Gasteiger partial charge in [0, 0.05) is 49.8 Å². The molecule has 1 aliphatic rings. The van der Waals surface area contributed by atoms with Crippen LogP contribution in [0, 0.1) is 0 Å². The van der Waals surface area contributed by atoms with E-state index in [1.807, 2.05) is 52.0 Å². The highest BCUT2D eigenvalue weighted by Crippen LogP contribution is 2.15. The number of carbonyl (C=O) groups is 1. The molecule has 1 aromatic carbocycles. The van der Waals surface area contributed by atoms with Crippen molar-refractivity contribution in [2.75, 3.05) is 19.6 Å². The molecule has 3 heterocycles. The first-order chi connectivity index (χ1) is 12.2. The molecule has 1 aliphatic heterocycles. The quantitative estimate of drug-likeness (QED) is 0.720. The van der Waals surface area contributed by atoms with E-state index in [1.165, 1.54) is 0 Å². The summed E-state index contributed by atoms with van der Waals surface area (Å²) < 4.78 is 1.90. The second-order valence-corrected chi connectivity index (χ2v) is 6.65. The van der Waals surface area contributed by atoms with Crippen LogP contribution in [-0.2, 0) is 17.9 Å². The highest BCUT2D eigenvalue weighted by Gasteiger charge is 2.24. The number of carbonyl (C=O) groups excluding carboxylic acids is 1. The summed E-state index contributed by atoms with van der Waals surface area (Å²) in [5.74, 6) is 0.827. The largest absolute Gasteiger partial charge is 0.336 e. The first kappa shape index (κ1) is 16.1. The minimum Gasteiger partial charge on any atom is -0.336 e. The SMILES string of the molecule is O=C1CN(Cc2cn3cccnc3n2)CCN1Cc1ccc(Cl)cc1. The summed E-state index contributed by atoms with van der Waals surface area (Å²) in [6.07, 6.45) is 5.62. The molecule has 128 valence electrons. The molecule has 0 aliphatic carbocycles. The number of rotatable bonds is 4. The molecular weight excluding hydrogens is 338 g/mol. The number of halogens is 1. The van der Waals surface area contributed by atoms with Crippen molar-refractivity contribution in [1.82, 2.24) is 24.2 Å². The van der Waals surface area contributed by atoms with E-state index in [-0.39, 0.29) is 5.91 Å². The van der Waals surface area contributed by atoms with Crippen LogP contribution in [0.3, 0.4) is 0 Å². The summed E-state index contributed by atoms with van der Waals surface area (Å²) in [5, 5.41) is 0.710. The number of imidazole rings is 1. The van der Waals surface area contributed by atoms with E-state index in [4.69, 9.17) is 11.6 Å². The van der Waals surface area contributed by atoms with Gasteiger partial charge in [0.05, 0.1) is 12.2 Å². The summed E-state index contributed by atoms with van der Waals surface area (Å²) in [7, 11) is 0. The van der Waals surface area contributed by atoms with Crippen LogP contribution in [0.5, 0.6) is 0 Å². The van der Waals surface area contributed by atoms with Gasteiger partial charge >= 0.3 is 0 Å². The second-order valence-electron chi connectivity index (χ2n) is 6.21. The number of nitrogens with zero attached hydrogens (tertiary/aromatic N) is 5. The lowest BCUT2D eigenvalue weighted by molar-refractivity contribution is -0.136. The van der Waals surface area contributed by atoms with Gasteiger partial charge in [0.15, 0.2) is 0 Å². The van der Waals surface area contributed by atoms with Crippen molar-refractivity contribution in [3.05, 3.63) is 65.2 Å². The van der Waals surface area contributed by atoms with Crippen LogP contribution < -0.4 is 0 Å². The van der Waals surface area contributed by atoms with Crippen LogP contribution in [-0.4, -0.2) is 49.7 Å². The maximum absolute atomic E-state index is 12.5. The van der Waals surface area contributed by atoms with Crippen molar-refractivity contribution in [2.24, 2.45) is 0 Å². The summed E-state index contributed by atoms with van der Waals surface area (Å²) in [6.45, 7) is 3.24. The summed E-state index contributed by atoms with van der Waals surface area (Å²) >= 11 is 5.91. The maximum Gasteiger partial charge on any atom is 0.237 e. The number of amides is 1. The Labute approximate surface area is 150 Å². The number of aromatic nitrogens is 3. The highest BCUT2D eigenvalue weighted by molar-refractivity contribution is 6.30. The molecular formula is C18H18ClN5O. The molecule has 6 nitrogen and oxygen atoms in total. The predicted molar refractivity (Wildman–Crippen MR) is 95.1 cm³/mol. The van der Waals surface area contributed by atoms with Gasteiger partial charge in [-0.1, -0.05) is 23.7 Å². The normalized spacial score (nSPS) is 15.9. The van der Waals surface area contributed by atoms with Gasteiger partial charge in [-0.2, -0.15) is 0 Å². The van der Waals surface area contributed by atoms with E-state index < -0.39 is 0 Å². The first-order valence-electron chi connectivity index (χ1n) is 8.20. The Hall–Kier alpha value is -2.44. The fourth-order valence-corrected chi connectivity index (χ4v) is 3.18. The molecule has 0 N–H and O–H groups in total. The molecule has 1 saturated heterocycles. The lowest BCUT2D eigenvalue weighted by Gasteiger charge is -2.34. The van der Waals surface area contributed by atoms with Crippen molar-refractivity contribution < 1.29 is 4.79 Å². The Morgan fingerprint density at radius 1 is 1.12 bits per heavy atom. The van der Waals surface area contributed by atoms with Gasteiger partial charge in [0.2, 0.25) is 11.7 Å². The average Bonchev–Trinajstić information content (AvgIpc) is 3.01. The van der Waals surface area contributed by atoms with Gasteiger partial charge in [0.1, 0.15) is 0 Å². The monoisotopic (exact) mass is 355 g/mol. The molecule has 2 aromatic heterocycles. The molecule has 3 aromatic rings. The van der Waals surface area contributed by atoms with E-state index in [0.717, 1.165) is 17.8 Å². The van der Waals surface area contributed by atoms with Gasteiger partial charge < -0.3 is 4.90 Å². The Morgan fingerprint density at radius 3 is 2.72 bits per heavy atom. The Balaban J connectivity index is 1.37. The zero-order valence-corrected chi connectivity index (χ0v) is 14.4. The third-order valence-corrected chi connectivity index (χ3v) is 4.61. The minimum absolute atomic E-state index is 0.142. The number of hydrogen-bond donors (Lipinski definition) is 0. The van der Waals surface area contributed by atoms with Crippen molar-refractivity contribution in [3.63, 3.8) is 0 Å². The number of piperazine rings is 1. The molecule has 0 bridgehead atoms. The Morgan fingerprint density at radius 2 is 1.96 bits per heavy atom. The van der Waals surface area contributed by atoms with E-state index in [2.05, 4.69) is 14.9 Å². The van der Waals surface area contributed by atoms with Crippen LogP contribution in [0.4, 0.5) is 0 Å². The fourth-order valence-electron chi connectivity index (χ4n) is 3.05. The Kier molecular flexibility index (Phi) is 4.38. The molecule has 7 heteroatoms. The molecule has 0 unspecified atom stereocenters. The predicted octanol–water partition coefficient (Wildman–Crippen LogP) is 2.23. The molecule has 1 amide bonds. The average molecular weight is 356 g/mol. The Bertz CT molecular complexity index is 859. The minimum atomic E-state index is 0.142. The van der Waals surface area contributed by atoms with Gasteiger partial charge in [-0.3, -0.25) is 14.1 Å². The maximum atomic E-state index is 12.5. The van der Waals surface area contributed by atoms with E-state index >= 15 is 0 Å². The van der Waals surface area contributed by atoms with E-state index in [1.54, 1.807) is 6.20 Å². The molecule has 1 fully saturated rings. The van der Waals surface area contributed by atoms with Crippen LogP contribution in [0.25, 0.3) is 5.78 Å². The summed E-state index contributed by atoms with van der Waals surface area (Å²) in [4.78, 5) is 25.2.